The molecule has 12 nitrogen and oxygen atoms in total. The minimum atomic E-state index is -0.428. The Hall–Kier alpha value is -6.30. The van der Waals surface area contributed by atoms with Crippen molar-refractivity contribution in [3.05, 3.63) is 107 Å². The number of pyridine rings is 2. The summed E-state index contributed by atoms with van der Waals surface area (Å²) in [6.45, 7) is 0. The molecule has 12 heteroatoms. The maximum Gasteiger partial charge on any atom is 0.269 e. The number of fused-ring (bicyclic) bond motifs is 2. The second kappa shape index (κ2) is 14.0. The van der Waals surface area contributed by atoms with E-state index >= 15 is 0 Å². The number of rotatable bonds is 9. The highest BCUT2D eigenvalue weighted by atomic mass is 16.6. The molecule has 6 rings (SSSR count). The molecule has 0 saturated carbocycles. The molecule has 46 heavy (non-hydrogen) atoms. The Balaban J connectivity index is 0.000000182. The van der Waals surface area contributed by atoms with Gasteiger partial charge in [0.2, 0.25) is 0 Å². The Kier molecular flexibility index (Phi) is 9.47. The predicted molar refractivity (Wildman–Crippen MR) is 180 cm³/mol. The average Bonchev–Trinajstić information content (AvgIpc) is 3.08. The van der Waals surface area contributed by atoms with Gasteiger partial charge in [0.25, 0.3) is 5.69 Å². The van der Waals surface area contributed by atoms with Crippen molar-refractivity contribution in [2.45, 2.75) is 0 Å². The topological polar surface area (TPSA) is 156 Å². The number of hydrogen-bond acceptors (Lipinski definition) is 11. The summed E-state index contributed by atoms with van der Waals surface area (Å²) >= 11 is 0. The molecule has 0 amide bonds. The number of nitrogen functional groups attached to an aromatic ring is 1. The first-order chi connectivity index (χ1) is 22.3. The summed E-state index contributed by atoms with van der Waals surface area (Å²) in [5.74, 6) is 2.53. The molecule has 0 aliphatic rings. The van der Waals surface area contributed by atoms with Crippen molar-refractivity contribution in [2.24, 2.45) is 0 Å². The smallest absolute Gasteiger partial charge is 0.269 e. The Morgan fingerprint density at radius 1 is 0.609 bits per heavy atom. The van der Waals surface area contributed by atoms with E-state index in [1.54, 1.807) is 59.0 Å². The Labute approximate surface area is 264 Å². The van der Waals surface area contributed by atoms with Gasteiger partial charge in [0.15, 0.2) is 23.0 Å². The van der Waals surface area contributed by atoms with E-state index in [1.807, 2.05) is 54.6 Å². The fourth-order valence-corrected chi connectivity index (χ4v) is 4.71. The maximum absolute atomic E-state index is 10.7. The normalized spacial score (nSPS) is 10.4. The number of benzene rings is 4. The van der Waals surface area contributed by atoms with E-state index in [0.717, 1.165) is 50.2 Å². The SMILES string of the molecule is COc1cc2nccc(Nc3ccc(N)cc3)c2cc1OC.COc1cc2nccc(Nc3ccc([N+](=O)[O-])cc3)c2cc1OC. The van der Waals surface area contributed by atoms with Gasteiger partial charge in [0.1, 0.15) is 0 Å². The molecule has 2 aromatic heterocycles. The molecule has 0 bridgehead atoms. The summed E-state index contributed by atoms with van der Waals surface area (Å²) < 4.78 is 21.3. The first-order valence-corrected chi connectivity index (χ1v) is 14.0. The Bertz CT molecular complexity index is 1980. The van der Waals surface area contributed by atoms with E-state index in [9.17, 15) is 10.1 Å². The monoisotopic (exact) mass is 620 g/mol. The van der Waals surface area contributed by atoms with Gasteiger partial charge in [0.05, 0.1) is 44.4 Å². The lowest BCUT2D eigenvalue weighted by molar-refractivity contribution is -0.384. The summed E-state index contributed by atoms with van der Waals surface area (Å²) in [7, 11) is 6.37. The van der Waals surface area contributed by atoms with Gasteiger partial charge in [-0.15, -0.1) is 0 Å². The van der Waals surface area contributed by atoms with Crippen LogP contribution in [0.25, 0.3) is 21.8 Å². The van der Waals surface area contributed by atoms with Crippen LogP contribution in [0.2, 0.25) is 0 Å². The molecule has 2 heterocycles. The molecule has 0 radical (unpaired) electrons. The largest absolute Gasteiger partial charge is 0.493 e. The summed E-state index contributed by atoms with van der Waals surface area (Å²) in [6.07, 6.45) is 3.44. The van der Waals surface area contributed by atoms with Gasteiger partial charge in [-0.25, -0.2) is 0 Å². The van der Waals surface area contributed by atoms with Gasteiger partial charge in [-0.05, 0) is 60.7 Å². The number of aromatic nitrogens is 2. The zero-order valence-electron chi connectivity index (χ0n) is 25.6. The number of non-ortho nitro benzene ring substituents is 1. The van der Waals surface area contributed by atoms with E-state index in [2.05, 4.69) is 20.6 Å². The van der Waals surface area contributed by atoms with E-state index in [-0.39, 0.29) is 5.69 Å². The van der Waals surface area contributed by atoms with E-state index in [4.69, 9.17) is 24.7 Å². The minimum absolute atomic E-state index is 0.0477. The first kappa shape index (κ1) is 31.1. The lowest BCUT2D eigenvalue weighted by atomic mass is 10.1. The molecule has 0 unspecified atom stereocenters. The second-order valence-electron chi connectivity index (χ2n) is 9.84. The fourth-order valence-electron chi connectivity index (χ4n) is 4.71. The van der Waals surface area contributed by atoms with Crippen LogP contribution in [0.15, 0.2) is 97.3 Å². The summed E-state index contributed by atoms with van der Waals surface area (Å²) in [4.78, 5) is 19.0. The average molecular weight is 621 g/mol. The number of nitrogens with two attached hydrogens (primary N) is 1. The highest BCUT2D eigenvalue weighted by Gasteiger charge is 2.12. The third-order valence-corrected chi connectivity index (χ3v) is 7.04. The van der Waals surface area contributed by atoms with Crippen LogP contribution in [0.3, 0.4) is 0 Å². The Morgan fingerprint density at radius 2 is 1.00 bits per heavy atom. The van der Waals surface area contributed by atoms with Crippen LogP contribution in [0.4, 0.5) is 34.1 Å². The van der Waals surface area contributed by atoms with Gasteiger partial charge in [-0.3, -0.25) is 20.1 Å². The first-order valence-electron chi connectivity index (χ1n) is 14.0. The molecule has 4 N–H and O–H groups in total. The molecule has 0 aliphatic heterocycles. The lowest BCUT2D eigenvalue weighted by Crippen LogP contribution is -1.96. The third kappa shape index (κ3) is 6.91. The molecule has 0 fully saturated rings. The molecular weight excluding hydrogens is 588 g/mol. The number of nitrogens with one attached hydrogen (secondary N) is 2. The third-order valence-electron chi connectivity index (χ3n) is 7.04. The number of methoxy groups -OCH3 is 4. The highest BCUT2D eigenvalue weighted by Crippen LogP contribution is 2.36. The summed E-state index contributed by atoms with van der Waals surface area (Å²) in [5.41, 5.74) is 11.5. The quantitative estimate of drug-likeness (QED) is 0.0836. The van der Waals surface area contributed by atoms with E-state index < -0.39 is 4.92 Å². The molecule has 234 valence electrons. The van der Waals surface area contributed by atoms with Crippen molar-refractivity contribution in [1.82, 2.24) is 9.97 Å². The molecule has 0 spiro atoms. The second-order valence-corrected chi connectivity index (χ2v) is 9.84. The number of ether oxygens (including phenoxy) is 4. The lowest BCUT2D eigenvalue weighted by Gasteiger charge is -2.13. The van der Waals surface area contributed by atoms with Crippen LogP contribution in [0.5, 0.6) is 23.0 Å². The molecule has 6 aromatic rings. The van der Waals surface area contributed by atoms with Crippen LogP contribution in [0.1, 0.15) is 0 Å². The maximum atomic E-state index is 10.7. The van der Waals surface area contributed by atoms with Crippen LogP contribution in [-0.4, -0.2) is 43.3 Å². The molecule has 4 aromatic carbocycles. The minimum Gasteiger partial charge on any atom is -0.493 e. The van der Waals surface area contributed by atoms with Crippen molar-refractivity contribution in [1.29, 1.82) is 0 Å². The van der Waals surface area contributed by atoms with E-state index in [1.165, 1.54) is 12.1 Å². The fraction of sp³-hybridized carbons (Fsp3) is 0.118. The number of nitro groups is 1. The van der Waals surface area contributed by atoms with Crippen molar-refractivity contribution >= 4 is 55.9 Å². The van der Waals surface area contributed by atoms with Crippen molar-refractivity contribution in [2.75, 3.05) is 44.8 Å². The van der Waals surface area contributed by atoms with Gasteiger partial charge >= 0.3 is 0 Å². The van der Waals surface area contributed by atoms with Crippen LogP contribution in [0, 0.1) is 10.1 Å². The number of anilines is 5. The van der Waals surface area contributed by atoms with Crippen LogP contribution >= 0.6 is 0 Å². The Morgan fingerprint density at radius 3 is 1.39 bits per heavy atom. The zero-order valence-corrected chi connectivity index (χ0v) is 25.6. The number of nitro benzene ring substituents is 1. The van der Waals surface area contributed by atoms with Gasteiger partial charge in [-0.1, -0.05) is 0 Å². The highest BCUT2D eigenvalue weighted by molar-refractivity contribution is 5.96. The number of hydrogen-bond donors (Lipinski definition) is 3. The van der Waals surface area contributed by atoms with Gasteiger partial charge < -0.3 is 35.3 Å². The molecule has 0 atom stereocenters. The standard InChI is InChI=1S/C17H15N3O4.C17H17N3O2/c1-23-16-9-13-14(7-8-18-15(13)10-17(16)24-2)19-11-3-5-12(6-4-11)20(21)22;1-21-16-9-13-14(20-12-5-3-11(18)4-6-12)7-8-19-15(13)10-17(16)22-2/h3-10H,1-2H3,(H,18,19);3-10H,18H2,1-2H3,(H,19,20). The molecular formula is C34H32N6O6. The van der Waals surface area contributed by atoms with Crippen molar-refractivity contribution in [3.63, 3.8) is 0 Å². The van der Waals surface area contributed by atoms with Crippen LogP contribution < -0.4 is 35.3 Å². The van der Waals surface area contributed by atoms with Crippen LogP contribution in [-0.2, 0) is 0 Å². The van der Waals surface area contributed by atoms with Gasteiger partial charge in [0, 0.05) is 75.9 Å². The van der Waals surface area contributed by atoms with Gasteiger partial charge in [-0.2, -0.15) is 0 Å². The zero-order chi connectivity index (χ0) is 32.6. The summed E-state index contributed by atoms with van der Waals surface area (Å²) in [6, 6.07) is 25.0. The van der Waals surface area contributed by atoms with Crippen molar-refractivity contribution in [3.8, 4) is 23.0 Å². The summed E-state index contributed by atoms with van der Waals surface area (Å²) in [5, 5.41) is 19.2. The van der Waals surface area contributed by atoms with E-state index in [0.29, 0.717) is 23.0 Å². The van der Waals surface area contributed by atoms with Crippen molar-refractivity contribution < 1.29 is 23.9 Å². The molecule has 0 saturated heterocycles. The molecule has 0 aliphatic carbocycles. The number of nitrogens with zero attached hydrogens (tertiary/aromatic N) is 3. The predicted octanol–water partition coefficient (Wildman–Crippen LogP) is 7.48.